The van der Waals surface area contributed by atoms with Crippen molar-refractivity contribution in [2.45, 2.75) is 19.3 Å². The summed E-state index contributed by atoms with van der Waals surface area (Å²) in [7, 11) is 0. The van der Waals surface area contributed by atoms with Gasteiger partial charge in [0.05, 0.1) is 0 Å². The van der Waals surface area contributed by atoms with Crippen LogP contribution in [0.15, 0.2) is 0 Å². The molecule has 0 saturated heterocycles. The summed E-state index contributed by atoms with van der Waals surface area (Å²) >= 11 is 3.79. The Bertz CT molecular complexity index is 70.1. The molecule has 7 heavy (non-hydrogen) atoms. The molecule has 1 atom stereocenters. The minimum atomic E-state index is -0.289. The van der Waals surface area contributed by atoms with Crippen molar-refractivity contribution in [2.24, 2.45) is 0 Å². The lowest BCUT2D eigenvalue weighted by Gasteiger charge is -2.00. The van der Waals surface area contributed by atoms with Gasteiger partial charge < -0.3 is 4.74 Å². The van der Waals surface area contributed by atoms with Crippen molar-refractivity contribution in [3.05, 3.63) is 0 Å². The fourth-order valence-electron chi connectivity index (χ4n) is 0.240. The van der Waals surface area contributed by atoms with E-state index in [2.05, 4.69) is 17.4 Å². The van der Waals surface area contributed by atoms with Crippen LogP contribution in [-0.4, -0.2) is 11.4 Å². The number of hydrogen-bond donors (Lipinski definition) is 1. The van der Waals surface area contributed by atoms with Crippen LogP contribution in [0, 0.1) is 0 Å². The lowest BCUT2D eigenvalue weighted by molar-refractivity contribution is -0.141. The minimum absolute atomic E-state index is 0.280. The van der Waals surface area contributed by atoms with E-state index >= 15 is 0 Å². The summed E-state index contributed by atoms with van der Waals surface area (Å²) in [5.74, 6) is -0.289. The topological polar surface area (TPSA) is 26.3 Å². The molecule has 0 saturated carbocycles. The maximum Gasteiger partial charge on any atom is 0.303 e. The predicted octanol–water partition coefficient (Wildman–Crippen LogP) is 0.825. The third-order valence-electron chi connectivity index (χ3n) is 0.337. The molecule has 0 N–H and O–H groups in total. The molecule has 3 heteroatoms. The molecular weight excluding hydrogens is 112 g/mol. The first-order valence-corrected chi connectivity index (χ1v) is 2.50. The summed E-state index contributed by atoms with van der Waals surface area (Å²) in [6.07, 6.45) is 0. The molecule has 0 aliphatic rings. The Morgan fingerprint density at radius 1 is 1.86 bits per heavy atom. The van der Waals surface area contributed by atoms with E-state index in [-0.39, 0.29) is 11.4 Å². The van der Waals surface area contributed by atoms with Gasteiger partial charge in [0.25, 0.3) is 0 Å². The van der Waals surface area contributed by atoms with Gasteiger partial charge in [-0.1, -0.05) is 0 Å². The zero-order valence-electron chi connectivity index (χ0n) is 4.34. The summed E-state index contributed by atoms with van der Waals surface area (Å²) < 4.78 is 4.48. The first kappa shape index (κ1) is 6.82. The molecule has 0 amide bonds. The van der Waals surface area contributed by atoms with Gasteiger partial charge in [0.2, 0.25) is 0 Å². The fraction of sp³-hybridized carbons (Fsp3) is 0.750. The normalized spacial score (nSPS) is 13.0. The zero-order chi connectivity index (χ0) is 5.86. The molecule has 1 unspecified atom stereocenters. The second-order valence-corrected chi connectivity index (χ2v) is 1.94. The lowest BCUT2D eigenvalue weighted by atomic mass is 10.8. The van der Waals surface area contributed by atoms with Crippen molar-refractivity contribution in [1.29, 1.82) is 0 Å². The number of carbonyl (C=O) groups excluding carboxylic acids is 1. The summed E-state index contributed by atoms with van der Waals surface area (Å²) in [4.78, 5) is 9.98. The summed E-state index contributed by atoms with van der Waals surface area (Å²) in [5, 5.41) is 0. The van der Waals surface area contributed by atoms with Crippen molar-refractivity contribution < 1.29 is 9.53 Å². The van der Waals surface area contributed by atoms with Crippen molar-refractivity contribution in [1.82, 2.24) is 0 Å². The molecule has 0 aromatic rings. The summed E-state index contributed by atoms with van der Waals surface area (Å²) in [5.41, 5.74) is -0.280. The Kier molecular flexibility index (Phi) is 2.83. The van der Waals surface area contributed by atoms with E-state index in [4.69, 9.17) is 0 Å². The average molecular weight is 120 g/mol. The van der Waals surface area contributed by atoms with Gasteiger partial charge in [-0.2, -0.15) is 0 Å². The highest BCUT2D eigenvalue weighted by atomic mass is 32.1. The smallest absolute Gasteiger partial charge is 0.303 e. The second-order valence-electron chi connectivity index (χ2n) is 1.21. The van der Waals surface area contributed by atoms with E-state index < -0.39 is 0 Å². The molecule has 0 aliphatic heterocycles. The quantitative estimate of drug-likeness (QED) is 0.315. The minimum Gasteiger partial charge on any atom is -0.452 e. The number of thiol groups is 1. The van der Waals surface area contributed by atoms with Gasteiger partial charge in [0, 0.05) is 6.92 Å². The number of hydrogen-bond acceptors (Lipinski definition) is 3. The zero-order valence-corrected chi connectivity index (χ0v) is 5.24. The first-order chi connectivity index (χ1) is 3.13. The van der Waals surface area contributed by atoms with Gasteiger partial charge in [0.15, 0.2) is 0 Å². The maximum atomic E-state index is 9.98. The molecule has 0 rings (SSSR count). The van der Waals surface area contributed by atoms with Crippen molar-refractivity contribution >= 4 is 18.6 Å². The van der Waals surface area contributed by atoms with E-state index in [1.807, 2.05) is 0 Å². The van der Waals surface area contributed by atoms with Crippen LogP contribution in [0.5, 0.6) is 0 Å². The van der Waals surface area contributed by atoms with Crippen molar-refractivity contribution in [2.75, 3.05) is 0 Å². The van der Waals surface area contributed by atoms with Crippen LogP contribution < -0.4 is 0 Å². The SMILES string of the molecule is CC(=O)OC(C)S. The van der Waals surface area contributed by atoms with E-state index in [1.165, 1.54) is 6.92 Å². The van der Waals surface area contributed by atoms with Crippen LogP contribution >= 0.6 is 12.6 Å². The van der Waals surface area contributed by atoms with Gasteiger partial charge in [-0.3, -0.25) is 4.79 Å². The largest absolute Gasteiger partial charge is 0.452 e. The Hall–Kier alpha value is -0.180. The lowest BCUT2D eigenvalue weighted by Crippen LogP contribution is -2.03. The predicted molar refractivity (Wildman–Crippen MR) is 30.2 cm³/mol. The van der Waals surface area contributed by atoms with Gasteiger partial charge >= 0.3 is 5.97 Å². The average Bonchev–Trinajstić information content (AvgIpc) is 1.27. The first-order valence-electron chi connectivity index (χ1n) is 1.98. The Morgan fingerprint density at radius 3 is 2.29 bits per heavy atom. The van der Waals surface area contributed by atoms with Crippen molar-refractivity contribution in [3.8, 4) is 0 Å². The highest BCUT2D eigenvalue weighted by molar-refractivity contribution is 7.80. The fourth-order valence-corrected chi connectivity index (χ4v) is 0.389. The van der Waals surface area contributed by atoms with Gasteiger partial charge in [-0.15, -0.1) is 12.6 Å². The molecule has 0 fully saturated rings. The van der Waals surface area contributed by atoms with Crippen molar-refractivity contribution in [3.63, 3.8) is 0 Å². The monoisotopic (exact) mass is 120 g/mol. The highest BCUT2D eigenvalue weighted by Crippen LogP contribution is 1.93. The van der Waals surface area contributed by atoms with Gasteiger partial charge in [0.1, 0.15) is 5.44 Å². The number of ether oxygens (including phenoxy) is 1. The third kappa shape index (κ3) is 5.82. The maximum absolute atomic E-state index is 9.98. The molecule has 42 valence electrons. The number of esters is 1. The Morgan fingerprint density at radius 2 is 2.29 bits per heavy atom. The third-order valence-corrected chi connectivity index (χ3v) is 0.442. The van der Waals surface area contributed by atoms with Crippen LogP contribution in [0.25, 0.3) is 0 Å². The van der Waals surface area contributed by atoms with Gasteiger partial charge in [-0.25, -0.2) is 0 Å². The van der Waals surface area contributed by atoms with Crippen LogP contribution in [0.2, 0.25) is 0 Å². The molecule has 0 bridgehead atoms. The molecular formula is C4H8O2S. The standard InChI is InChI=1S/C4H8O2S/c1-3(5)6-4(2)7/h4,7H,1-2H3. The molecule has 2 nitrogen and oxygen atoms in total. The molecule has 0 aromatic carbocycles. The van der Waals surface area contributed by atoms with Crippen LogP contribution in [0.1, 0.15) is 13.8 Å². The van der Waals surface area contributed by atoms with Gasteiger partial charge in [-0.05, 0) is 6.92 Å². The molecule has 0 radical (unpaired) electrons. The summed E-state index contributed by atoms with van der Waals surface area (Å²) in [6, 6.07) is 0. The van der Waals surface area contributed by atoms with E-state index in [0.717, 1.165) is 0 Å². The van der Waals surface area contributed by atoms with E-state index in [1.54, 1.807) is 6.92 Å². The number of carbonyl (C=O) groups is 1. The molecule has 0 spiro atoms. The number of rotatable bonds is 1. The molecule has 0 heterocycles. The van der Waals surface area contributed by atoms with E-state index in [0.29, 0.717) is 0 Å². The van der Waals surface area contributed by atoms with Crippen LogP contribution in [0.4, 0.5) is 0 Å². The summed E-state index contributed by atoms with van der Waals surface area (Å²) in [6.45, 7) is 3.04. The Balaban J connectivity index is 3.13. The Labute approximate surface area is 48.3 Å². The molecule has 0 aliphatic carbocycles. The second kappa shape index (κ2) is 2.91. The highest BCUT2D eigenvalue weighted by Gasteiger charge is 1.94. The molecule has 0 aromatic heterocycles. The van der Waals surface area contributed by atoms with Crippen LogP contribution in [-0.2, 0) is 9.53 Å². The van der Waals surface area contributed by atoms with E-state index in [9.17, 15) is 4.79 Å². The van der Waals surface area contributed by atoms with Crippen LogP contribution in [0.3, 0.4) is 0 Å².